The Morgan fingerprint density at radius 1 is 0.757 bits per heavy atom. The first kappa shape index (κ1) is 27.3. The van der Waals surface area contributed by atoms with Crippen LogP contribution < -0.4 is 25.7 Å². The molecule has 194 valence electrons. The lowest BCUT2D eigenvalue weighted by Gasteiger charge is -2.07. The summed E-state index contributed by atoms with van der Waals surface area (Å²) in [6.07, 6.45) is 11.7. The first-order chi connectivity index (χ1) is 18.1. The zero-order chi connectivity index (χ0) is 26.3. The molecule has 0 atom stereocenters. The highest BCUT2D eigenvalue weighted by Crippen LogP contribution is 2.18. The molecular weight excluding hydrogens is 466 g/mol. The molecule has 3 aromatic rings. The second kappa shape index (κ2) is 14.9. The average molecular weight is 502 g/mol. The van der Waals surface area contributed by atoms with Crippen LogP contribution in [0.15, 0.2) is 59.6 Å². The first-order valence-corrected chi connectivity index (χ1v) is 12.3. The van der Waals surface area contributed by atoms with Gasteiger partial charge in [-0.2, -0.15) is 9.97 Å². The summed E-state index contributed by atoms with van der Waals surface area (Å²) in [6, 6.07) is 17.9. The summed E-state index contributed by atoms with van der Waals surface area (Å²) in [7, 11) is 3.31. The predicted octanol–water partition coefficient (Wildman–Crippen LogP) is 5.05. The molecular formula is C29H35N5O3. The summed E-state index contributed by atoms with van der Waals surface area (Å²) in [5.41, 5.74) is 14.2. The maximum Gasteiger partial charge on any atom is 0.317 e. The van der Waals surface area contributed by atoms with Gasteiger partial charge in [0.1, 0.15) is 11.5 Å². The van der Waals surface area contributed by atoms with E-state index in [4.69, 9.17) is 25.7 Å². The lowest BCUT2D eigenvalue weighted by Crippen LogP contribution is -2.22. The highest BCUT2D eigenvalue weighted by Gasteiger charge is 2.04. The molecule has 8 heteroatoms. The summed E-state index contributed by atoms with van der Waals surface area (Å²) in [4.78, 5) is 13.2. The largest absolute Gasteiger partial charge is 0.497 e. The van der Waals surface area contributed by atoms with Crippen molar-refractivity contribution in [3.05, 3.63) is 77.1 Å². The number of aliphatic imine (C=N–C) groups is 1. The number of guanidine groups is 1. The van der Waals surface area contributed by atoms with Gasteiger partial charge in [0, 0.05) is 6.54 Å². The van der Waals surface area contributed by atoms with Crippen LogP contribution in [0.2, 0.25) is 0 Å². The van der Waals surface area contributed by atoms with E-state index in [9.17, 15) is 0 Å². The minimum Gasteiger partial charge on any atom is -0.497 e. The number of nitrogens with zero attached hydrogens (tertiary/aromatic N) is 3. The molecule has 0 saturated heterocycles. The molecule has 0 unspecified atom stereocenters. The number of unbranched alkanes of at least 4 members (excludes halogenated alkanes) is 3. The third-order valence-electron chi connectivity index (χ3n) is 5.40. The number of benzene rings is 2. The van der Waals surface area contributed by atoms with Crippen molar-refractivity contribution in [2.75, 3.05) is 27.4 Å². The molecule has 0 fully saturated rings. The van der Waals surface area contributed by atoms with Crippen molar-refractivity contribution in [3.8, 4) is 17.5 Å². The summed E-state index contributed by atoms with van der Waals surface area (Å²) < 4.78 is 16.5. The molecule has 0 aliphatic heterocycles. The van der Waals surface area contributed by atoms with Gasteiger partial charge in [-0.15, -0.1) is 0 Å². The van der Waals surface area contributed by atoms with Gasteiger partial charge in [0.05, 0.1) is 32.2 Å². The van der Waals surface area contributed by atoms with Crippen molar-refractivity contribution in [2.24, 2.45) is 16.5 Å². The molecule has 0 saturated carbocycles. The topological polar surface area (TPSA) is 118 Å². The number of hydrogen-bond acceptors (Lipinski definition) is 6. The standard InChI is InChI=1S/C29H35N5O3/c1-35-26-11-7-9-22(19-26)13-15-24-21-25(16-14-23-10-8-12-27(20-23)36-2)34-29(33-24)37-18-6-4-3-5-17-32-28(30)31/h7-16,19-21H,3-6,17-18H2,1-2H3,(H4,30,31,32). The van der Waals surface area contributed by atoms with Crippen molar-refractivity contribution in [1.82, 2.24) is 9.97 Å². The van der Waals surface area contributed by atoms with Gasteiger partial charge in [0.25, 0.3) is 0 Å². The smallest absolute Gasteiger partial charge is 0.317 e. The lowest BCUT2D eigenvalue weighted by molar-refractivity contribution is 0.281. The Hall–Kier alpha value is -4.33. The SMILES string of the molecule is COc1cccc(C=Cc2cc(C=Cc3cccc(OC)c3)nc(OCCCCCCN=C(N)N)n2)c1. The van der Waals surface area contributed by atoms with Crippen molar-refractivity contribution in [1.29, 1.82) is 0 Å². The number of nitrogens with two attached hydrogens (primary N) is 2. The second-order valence-electron chi connectivity index (χ2n) is 8.29. The Kier molecular flexibility index (Phi) is 11.0. The zero-order valence-corrected chi connectivity index (χ0v) is 21.5. The molecule has 3 rings (SSSR count). The van der Waals surface area contributed by atoms with Crippen LogP contribution in [-0.4, -0.2) is 43.3 Å². The molecule has 2 aromatic carbocycles. The van der Waals surface area contributed by atoms with Crippen LogP contribution in [0.1, 0.15) is 48.2 Å². The zero-order valence-electron chi connectivity index (χ0n) is 21.5. The number of ether oxygens (including phenoxy) is 3. The Balaban J connectivity index is 1.70. The molecule has 0 aliphatic carbocycles. The van der Waals surface area contributed by atoms with Crippen LogP contribution in [0.3, 0.4) is 0 Å². The van der Waals surface area contributed by atoms with Crippen molar-refractivity contribution in [3.63, 3.8) is 0 Å². The van der Waals surface area contributed by atoms with Gasteiger partial charge in [-0.05, 0) is 72.9 Å². The third-order valence-corrected chi connectivity index (χ3v) is 5.40. The van der Waals surface area contributed by atoms with Gasteiger partial charge in [-0.3, -0.25) is 4.99 Å². The maximum atomic E-state index is 5.91. The maximum absolute atomic E-state index is 5.91. The Morgan fingerprint density at radius 2 is 1.32 bits per heavy atom. The summed E-state index contributed by atoms with van der Waals surface area (Å²) in [5.74, 6) is 1.74. The quantitative estimate of drug-likeness (QED) is 0.180. The van der Waals surface area contributed by atoms with E-state index < -0.39 is 0 Å². The lowest BCUT2D eigenvalue weighted by atomic mass is 10.1. The van der Waals surface area contributed by atoms with Gasteiger partial charge >= 0.3 is 6.01 Å². The average Bonchev–Trinajstić information content (AvgIpc) is 2.92. The van der Waals surface area contributed by atoms with Crippen molar-refractivity contribution in [2.45, 2.75) is 25.7 Å². The molecule has 8 nitrogen and oxygen atoms in total. The molecule has 1 aromatic heterocycles. The van der Waals surface area contributed by atoms with Crippen LogP contribution >= 0.6 is 0 Å². The van der Waals surface area contributed by atoms with E-state index in [1.165, 1.54) is 0 Å². The van der Waals surface area contributed by atoms with E-state index in [0.717, 1.165) is 59.7 Å². The molecule has 0 aliphatic rings. The minimum atomic E-state index is 0.136. The van der Waals surface area contributed by atoms with E-state index in [2.05, 4.69) is 15.0 Å². The van der Waals surface area contributed by atoms with Crippen LogP contribution in [-0.2, 0) is 0 Å². The number of rotatable bonds is 14. The third kappa shape index (κ3) is 10.0. The summed E-state index contributed by atoms with van der Waals surface area (Å²) in [5, 5.41) is 0. The van der Waals surface area contributed by atoms with Gasteiger partial charge in [-0.1, -0.05) is 42.8 Å². The fraction of sp³-hybridized carbons (Fsp3) is 0.276. The van der Waals surface area contributed by atoms with E-state index in [1.807, 2.05) is 78.9 Å². The molecule has 0 amide bonds. The van der Waals surface area contributed by atoms with Crippen LogP contribution in [0.4, 0.5) is 0 Å². The molecule has 37 heavy (non-hydrogen) atoms. The molecule has 1 heterocycles. The normalized spacial score (nSPS) is 11.1. The monoisotopic (exact) mass is 501 g/mol. The molecule has 0 radical (unpaired) electrons. The van der Waals surface area contributed by atoms with Gasteiger partial charge < -0.3 is 25.7 Å². The van der Waals surface area contributed by atoms with Crippen molar-refractivity contribution >= 4 is 30.3 Å². The predicted molar refractivity (Wildman–Crippen MR) is 151 cm³/mol. The van der Waals surface area contributed by atoms with Gasteiger partial charge in [0.2, 0.25) is 0 Å². The molecule has 4 N–H and O–H groups in total. The summed E-state index contributed by atoms with van der Waals surface area (Å²) in [6.45, 7) is 1.18. The summed E-state index contributed by atoms with van der Waals surface area (Å²) >= 11 is 0. The van der Waals surface area contributed by atoms with Crippen LogP contribution in [0.5, 0.6) is 17.5 Å². The van der Waals surface area contributed by atoms with Crippen LogP contribution in [0, 0.1) is 0 Å². The highest BCUT2D eigenvalue weighted by molar-refractivity contribution is 5.75. The Morgan fingerprint density at radius 3 is 1.86 bits per heavy atom. The highest BCUT2D eigenvalue weighted by atomic mass is 16.5. The molecule has 0 bridgehead atoms. The number of hydrogen-bond donors (Lipinski definition) is 2. The van der Waals surface area contributed by atoms with Gasteiger partial charge in [-0.25, -0.2) is 0 Å². The van der Waals surface area contributed by atoms with Crippen LogP contribution in [0.25, 0.3) is 24.3 Å². The number of aromatic nitrogens is 2. The van der Waals surface area contributed by atoms with E-state index >= 15 is 0 Å². The van der Waals surface area contributed by atoms with E-state index in [0.29, 0.717) is 19.2 Å². The van der Waals surface area contributed by atoms with E-state index in [1.54, 1.807) is 14.2 Å². The Labute approximate surface area is 218 Å². The molecule has 0 spiro atoms. The number of methoxy groups -OCH3 is 2. The fourth-order valence-corrected chi connectivity index (χ4v) is 3.49. The van der Waals surface area contributed by atoms with E-state index in [-0.39, 0.29) is 5.96 Å². The van der Waals surface area contributed by atoms with Gasteiger partial charge in [0.15, 0.2) is 5.96 Å². The second-order valence-corrected chi connectivity index (χ2v) is 8.29. The first-order valence-electron chi connectivity index (χ1n) is 12.3. The fourth-order valence-electron chi connectivity index (χ4n) is 3.49. The minimum absolute atomic E-state index is 0.136. The Bertz CT molecular complexity index is 1140. The van der Waals surface area contributed by atoms with Crippen molar-refractivity contribution < 1.29 is 14.2 Å².